The molecule has 0 unspecified atom stereocenters. The van der Waals surface area contributed by atoms with Gasteiger partial charge in [-0.1, -0.05) is 71.9 Å². The van der Waals surface area contributed by atoms with Crippen molar-refractivity contribution >= 4 is 22.7 Å². The van der Waals surface area contributed by atoms with Gasteiger partial charge in [0.05, 0.1) is 24.6 Å². The van der Waals surface area contributed by atoms with Gasteiger partial charge in [0.1, 0.15) is 5.75 Å². The third-order valence-corrected chi connectivity index (χ3v) is 5.83. The third kappa shape index (κ3) is 4.20. The van der Waals surface area contributed by atoms with Crippen molar-refractivity contribution in [2.45, 2.75) is 24.4 Å². The first-order chi connectivity index (χ1) is 14.2. The Hall–Kier alpha value is -3.05. The van der Waals surface area contributed by atoms with Gasteiger partial charge in [-0.15, -0.1) is 0 Å². The minimum Gasteiger partial charge on any atom is -0.496 e. The summed E-state index contributed by atoms with van der Waals surface area (Å²) in [6.45, 7) is 2.55. The van der Waals surface area contributed by atoms with E-state index in [9.17, 15) is 4.79 Å². The fourth-order valence-corrected chi connectivity index (χ4v) is 4.30. The molecule has 0 bridgehead atoms. The zero-order chi connectivity index (χ0) is 20.2. The van der Waals surface area contributed by atoms with Crippen molar-refractivity contribution in [3.63, 3.8) is 0 Å². The number of methoxy groups -OCH3 is 1. The Morgan fingerprint density at radius 1 is 1.00 bits per heavy atom. The number of para-hydroxylation sites is 1. The van der Waals surface area contributed by atoms with Gasteiger partial charge in [0.2, 0.25) is 0 Å². The van der Waals surface area contributed by atoms with Crippen molar-refractivity contribution < 1.29 is 4.74 Å². The molecular weight excluding hydrogens is 380 g/mol. The summed E-state index contributed by atoms with van der Waals surface area (Å²) in [6, 6.07) is 23.7. The van der Waals surface area contributed by atoms with Crippen molar-refractivity contribution in [1.29, 1.82) is 0 Å². The van der Waals surface area contributed by atoms with Gasteiger partial charge in [-0.05, 0) is 30.7 Å². The largest absolute Gasteiger partial charge is 0.496 e. The molecule has 0 spiro atoms. The van der Waals surface area contributed by atoms with E-state index in [1.165, 1.54) is 5.56 Å². The first-order valence-corrected chi connectivity index (χ1v) is 10.4. The SMILES string of the molecule is COc1ccc(C)cc1CSc1nc2ccccc2c(=O)n1Cc1ccccc1. The summed E-state index contributed by atoms with van der Waals surface area (Å²) in [6.07, 6.45) is 0. The quantitative estimate of drug-likeness (QED) is 0.334. The van der Waals surface area contributed by atoms with Crippen LogP contribution in [0, 0.1) is 6.92 Å². The minimum absolute atomic E-state index is 0.0156. The maximum atomic E-state index is 13.2. The number of nitrogens with zero attached hydrogens (tertiary/aromatic N) is 2. The Morgan fingerprint density at radius 3 is 2.55 bits per heavy atom. The number of benzene rings is 3. The van der Waals surface area contributed by atoms with Crippen LogP contribution in [-0.4, -0.2) is 16.7 Å². The summed E-state index contributed by atoms with van der Waals surface area (Å²) >= 11 is 1.56. The molecule has 29 heavy (non-hydrogen) atoms. The summed E-state index contributed by atoms with van der Waals surface area (Å²) in [5.74, 6) is 1.52. The van der Waals surface area contributed by atoms with Crippen LogP contribution in [0.3, 0.4) is 0 Å². The molecule has 0 fully saturated rings. The molecule has 0 atom stereocenters. The van der Waals surface area contributed by atoms with Crippen molar-refractivity contribution in [3.05, 3.63) is 99.8 Å². The van der Waals surface area contributed by atoms with Crippen molar-refractivity contribution in [2.75, 3.05) is 7.11 Å². The summed E-state index contributed by atoms with van der Waals surface area (Å²) in [4.78, 5) is 18.0. The van der Waals surface area contributed by atoms with Crippen LogP contribution in [0.5, 0.6) is 5.75 Å². The average Bonchev–Trinajstić information content (AvgIpc) is 2.75. The summed E-state index contributed by atoms with van der Waals surface area (Å²) < 4.78 is 7.27. The van der Waals surface area contributed by atoms with Crippen LogP contribution in [0.4, 0.5) is 0 Å². The Bertz CT molecular complexity index is 1200. The lowest BCUT2D eigenvalue weighted by atomic mass is 10.1. The maximum absolute atomic E-state index is 13.2. The fourth-order valence-electron chi connectivity index (χ4n) is 3.33. The molecule has 5 heteroatoms. The van der Waals surface area contributed by atoms with Gasteiger partial charge in [0, 0.05) is 11.3 Å². The first-order valence-electron chi connectivity index (χ1n) is 9.45. The number of hydrogen-bond donors (Lipinski definition) is 0. The average molecular weight is 403 g/mol. The van der Waals surface area contributed by atoms with E-state index in [2.05, 4.69) is 13.0 Å². The topological polar surface area (TPSA) is 44.1 Å². The van der Waals surface area contributed by atoms with Gasteiger partial charge in [0.25, 0.3) is 5.56 Å². The van der Waals surface area contributed by atoms with Gasteiger partial charge < -0.3 is 4.74 Å². The highest BCUT2D eigenvalue weighted by molar-refractivity contribution is 7.98. The highest BCUT2D eigenvalue weighted by atomic mass is 32.2. The lowest BCUT2D eigenvalue weighted by Gasteiger charge is -2.14. The van der Waals surface area contributed by atoms with Crippen molar-refractivity contribution in [2.24, 2.45) is 0 Å². The Kier molecular flexibility index (Phi) is 5.67. The molecule has 0 radical (unpaired) electrons. The second-order valence-corrected chi connectivity index (χ2v) is 7.83. The lowest BCUT2D eigenvalue weighted by molar-refractivity contribution is 0.411. The standard InChI is InChI=1S/C24H22N2O2S/c1-17-12-13-22(28-2)19(14-17)16-29-24-25-21-11-7-6-10-20(21)23(27)26(24)15-18-8-4-3-5-9-18/h3-14H,15-16H2,1-2H3. The summed E-state index contributed by atoms with van der Waals surface area (Å²) in [7, 11) is 1.68. The van der Waals surface area contributed by atoms with E-state index in [0.29, 0.717) is 22.8 Å². The van der Waals surface area contributed by atoms with E-state index in [0.717, 1.165) is 22.4 Å². The van der Waals surface area contributed by atoms with E-state index in [1.807, 2.05) is 66.7 Å². The van der Waals surface area contributed by atoms with Crippen LogP contribution < -0.4 is 10.3 Å². The van der Waals surface area contributed by atoms with E-state index in [4.69, 9.17) is 9.72 Å². The molecule has 146 valence electrons. The number of rotatable bonds is 6. The van der Waals surface area contributed by atoms with Crippen LogP contribution >= 0.6 is 11.8 Å². The third-order valence-electron chi connectivity index (χ3n) is 4.80. The van der Waals surface area contributed by atoms with E-state index >= 15 is 0 Å². The molecule has 3 aromatic carbocycles. The van der Waals surface area contributed by atoms with Crippen LogP contribution in [0.2, 0.25) is 0 Å². The monoisotopic (exact) mass is 402 g/mol. The zero-order valence-corrected chi connectivity index (χ0v) is 17.3. The molecule has 0 aliphatic carbocycles. The summed E-state index contributed by atoms with van der Waals surface area (Å²) in [5.41, 5.74) is 4.04. The van der Waals surface area contributed by atoms with E-state index in [1.54, 1.807) is 23.4 Å². The van der Waals surface area contributed by atoms with E-state index < -0.39 is 0 Å². The Balaban J connectivity index is 1.75. The van der Waals surface area contributed by atoms with Gasteiger partial charge >= 0.3 is 0 Å². The number of thioether (sulfide) groups is 1. The second-order valence-electron chi connectivity index (χ2n) is 6.89. The Morgan fingerprint density at radius 2 is 1.76 bits per heavy atom. The predicted molar refractivity (Wildman–Crippen MR) is 119 cm³/mol. The number of fused-ring (bicyclic) bond motifs is 1. The second kappa shape index (κ2) is 8.53. The molecule has 4 nitrogen and oxygen atoms in total. The van der Waals surface area contributed by atoms with Gasteiger partial charge in [-0.25, -0.2) is 4.98 Å². The van der Waals surface area contributed by atoms with E-state index in [-0.39, 0.29) is 5.56 Å². The number of ether oxygens (including phenoxy) is 1. The minimum atomic E-state index is -0.0156. The molecule has 0 aliphatic rings. The lowest BCUT2D eigenvalue weighted by Crippen LogP contribution is -2.24. The van der Waals surface area contributed by atoms with Crippen LogP contribution in [-0.2, 0) is 12.3 Å². The molecule has 0 aliphatic heterocycles. The molecular formula is C24H22N2O2S. The number of aromatic nitrogens is 2. The summed E-state index contributed by atoms with van der Waals surface area (Å²) in [5, 5.41) is 1.35. The molecule has 1 heterocycles. The Labute approximate surface area is 174 Å². The van der Waals surface area contributed by atoms with Crippen LogP contribution in [0.1, 0.15) is 16.7 Å². The molecule has 0 N–H and O–H groups in total. The van der Waals surface area contributed by atoms with Gasteiger partial charge in [0.15, 0.2) is 5.16 Å². The molecule has 0 amide bonds. The molecule has 4 rings (SSSR count). The molecule has 0 saturated heterocycles. The van der Waals surface area contributed by atoms with Crippen LogP contribution in [0.15, 0.2) is 82.7 Å². The number of hydrogen-bond acceptors (Lipinski definition) is 4. The van der Waals surface area contributed by atoms with Gasteiger partial charge in [-0.2, -0.15) is 0 Å². The maximum Gasteiger partial charge on any atom is 0.262 e. The molecule has 0 saturated carbocycles. The predicted octanol–water partition coefficient (Wildman–Crippen LogP) is 5.05. The fraction of sp³-hybridized carbons (Fsp3) is 0.167. The van der Waals surface area contributed by atoms with Crippen molar-refractivity contribution in [1.82, 2.24) is 9.55 Å². The number of aryl methyl sites for hydroxylation is 1. The highest BCUT2D eigenvalue weighted by Crippen LogP contribution is 2.28. The smallest absolute Gasteiger partial charge is 0.262 e. The normalized spacial score (nSPS) is 11.0. The molecule has 4 aromatic rings. The zero-order valence-electron chi connectivity index (χ0n) is 16.5. The first kappa shape index (κ1) is 19.3. The molecule has 1 aromatic heterocycles. The highest BCUT2D eigenvalue weighted by Gasteiger charge is 2.13. The van der Waals surface area contributed by atoms with Gasteiger partial charge in [-0.3, -0.25) is 9.36 Å². The van der Waals surface area contributed by atoms with Crippen molar-refractivity contribution in [3.8, 4) is 5.75 Å². The van der Waals surface area contributed by atoms with Crippen LogP contribution in [0.25, 0.3) is 10.9 Å².